The molecular weight excluding hydrogens is 446 g/mol. The monoisotopic (exact) mass is 469 g/mol. The second-order valence-corrected chi connectivity index (χ2v) is 9.30. The summed E-state index contributed by atoms with van der Waals surface area (Å²) in [4.78, 5) is 25.5. The van der Waals surface area contributed by atoms with Gasteiger partial charge < -0.3 is 5.32 Å². The van der Waals surface area contributed by atoms with Crippen LogP contribution in [0.15, 0.2) is 52.4 Å². The van der Waals surface area contributed by atoms with Crippen LogP contribution in [0, 0.1) is 6.92 Å². The summed E-state index contributed by atoms with van der Waals surface area (Å²) in [5, 5.41) is 13.5. The molecule has 166 valence electrons. The van der Waals surface area contributed by atoms with Crippen LogP contribution in [-0.4, -0.2) is 31.1 Å². The van der Waals surface area contributed by atoms with Crippen LogP contribution in [-0.2, 0) is 17.1 Å². The predicted octanol–water partition coefficient (Wildman–Crippen LogP) is 4.21. The number of aryl methyl sites for hydroxylation is 2. The molecule has 7 nitrogen and oxygen atoms in total. The number of nitrogens with one attached hydrogen (secondary N) is 1. The summed E-state index contributed by atoms with van der Waals surface area (Å²) in [7, 11) is 0. The van der Waals surface area contributed by atoms with E-state index in [0.717, 1.165) is 16.6 Å². The molecule has 9 heteroatoms. The van der Waals surface area contributed by atoms with Gasteiger partial charge in [0.15, 0.2) is 5.16 Å². The smallest absolute Gasteiger partial charge is 0.262 e. The Bertz CT molecular complexity index is 1360. The first-order valence-electron chi connectivity index (χ1n) is 10.4. The molecule has 0 spiro atoms. The summed E-state index contributed by atoms with van der Waals surface area (Å²) in [6.45, 7) is 5.98. The van der Waals surface area contributed by atoms with Gasteiger partial charge in [0.25, 0.3) is 5.56 Å². The van der Waals surface area contributed by atoms with E-state index in [-0.39, 0.29) is 30.5 Å². The fourth-order valence-electron chi connectivity index (χ4n) is 3.56. The minimum absolute atomic E-state index is 0.0411. The molecule has 4 aromatic rings. The van der Waals surface area contributed by atoms with Crippen molar-refractivity contribution in [2.45, 2.75) is 50.7 Å². The molecule has 2 aromatic carbocycles. The molecule has 0 aliphatic carbocycles. The Hall–Kier alpha value is -2.84. The van der Waals surface area contributed by atoms with Gasteiger partial charge in [-0.15, -0.1) is 10.2 Å². The van der Waals surface area contributed by atoms with Crippen molar-refractivity contribution >= 4 is 46.0 Å². The fourth-order valence-corrected chi connectivity index (χ4v) is 4.79. The highest BCUT2D eigenvalue weighted by atomic mass is 35.5. The molecule has 2 aromatic heterocycles. The van der Waals surface area contributed by atoms with E-state index in [4.69, 9.17) is 11.6 Å². The third-order valence-electron chi connectivity index (χ3n) is 5.05. The third-order valence-corrected chi connectivity index (χ3v) is 6.40. The summed E-state index contributed by atoms with van der Waals surface area (Å²) < 4.78 is 3.42. The lowest BCUT2D eigenvalue weighted by Gasteiger charge is -2.13. The van der Waals surface area contributed by atoms with E-state index in [2.05, 4.69) is 15.5 Å². The molecule has 1 N–H and O–H groups in total. The van der Waals surface area contributed by atoms with Gasteiger partial charge in [-0.2, -0.15) is 0 Å². The maximum absolute atomic E-state index is 13.3. The van der Waals surface area contributed by atoms with E-state index < -0.39 is 0 Å². The van der Waals surface area contributed by atoms with Gasteiger partial charge in [-0.3, -0.25) is 18.6 Å². The Morgan fingerprint density at radius 1 is 1.19 bits per heavy atom. The zero-order chi connectivity index (χ0) is 22.8. The van der Waals surface area contributed by atoms with Gasteiger partial charge in [0, 0.05) is 29.8 Å². The van der Waals surface area contributed by atoms with Crippen molar-refractivity contribution in [3.05, 3.63) is 69.0 Å². The molecule has 2 heterocycles. The maximum Gasteiger partial charge on any atom is 0.262 e. The van der Waals surface area contributed by atoms with Crippen LogP contribution in [0.3, 0.4) is 0 Å². The van der Waals surface area contributed by atoms with E-state index in [1.807, 2.05) is 67.6 Å². The minimum Gasteiger partial charge on any atom is -0.354 e. The van der Waals surface area contributed by atoms with Gasteiger partial charge in [-0.1, -0.05) is 53.2 Å². The molecule has 0 aliphatic rings. The van der Waals surface area contributed by atoms with E-state index >= 15 is 0 Å². The number of thioether (sulfide) groups is 1. The summed E-state index contributed by atoms with van der Waals surface area (Å²) in [5.41, 5.74) is 2.54. The van der Waals surface area contributed by atoms with E-state index in [1.165, 1.54) is 16.3 Å². The van der Waals surface area contributed by atoms with Crippen molar-refractivity contribution in [2.24, 2.45) is 0 Å². The third kappa shape index (κ3) is 4.52. The van der Waals surface area contributed by atoms with Crippen LogP contribution in [0.5, 0.6) is 0 Å². The highest BCUT2D eigenvalue weighted by Crippen LogP contribution is 2.27. The Labute approximate surface area is 194 Å². The summed E-state index contributed by atoms with van der Waals surface area (Å²) in [6.07, 6.45) is 0.181. The number of rotatable bonds is 7. The molecule has 32 heavy (non-hydrogen) atoms. The number of hydrogen-bond donors (Lipinski definition) is 1. The van der Waals surface area contributed by atoms with Gasteiger partial charge >= 0.3 is 0 Å². The average Bonchev–Trinajstić information content (AvgIpc) is 3.16. The summed E-state index contributed by atoms with van der Waals surface area (Å²) >= 11 is 7.81. The lowest BCUT2D eigenvalue weighted by atomic mass is 10.1. The van der Waals surface area contributed by atoms with Gasteiger partial charge in [0.2, 0.25) is 11.7 Å². The lowest BCUT2D eigenvalue weighted by molar-refractivity contribution is -0.121. The number of aromatic nitrogens is 4. The topological polar surface area (TPSA) is 81.3 Å². The number of halogens is 1. The number of hydrogen-bond acceptors (Lipinski definition) is 5. The highest BCUT2D eigenvalue weighted by molar-refractivity contribution is 7.98. The first kappa shape index (κ1) is 22.4. The summed E-state index contributed by atoms with van der Waals surface area (Å²) in [5.74, 6) is 0.927. The number of carbonyl (C=O) groups excluding carboxylic acids is 1. The quantitative estimate of drug-likeness (QED) is 0.410. The Morgan fingerprint density at radius 2 is 1.97 bits per heavy atom. The zero-order valence-corrected chi connectivity index (χ0v) is 19.7. The molecule has 0 saturated heterocycles. The molecule has 0 unspecified atom stereocenters. The van der Waals surface area contributed by atoms with Crippen molar-refractivity contribution in [2.75, 3.05) is 0 Å². The standard InChI is InChI=1S/C23H24ClN5O2S/c1-14(2)25-20(30)10-11-28-21(31)17-12-15(3)8-9-19(17)29-22(28)26-27-23(29)32-13-16-6-4-5-7-18(16)24/h4-9,12,14H,10-11,13H2,1-3H3,(H,25,30). The van der Waals surface area contributed by atoms with Crippen LogP contribution >= 0.6 is 23.4 Å². The van der Waals surface area contributed by atoms with Gasteiger partial charge in [-0.05, 0) is 44.5 Å². The molecular formula is C23H24ClN5O2S. The fraction of sp³-hybridized carbons (Fsp3) is 0.304. The van der Waals surface area contributed by atoms with Crippen molar-refractivity contribution in [3.63, 3.8) is 0 Å². The predicted molar refractivity (Wildman–Crippen MR) is 128 cm³/mol. The molecule has 0 radical (unpaired) electrons. The van der Waals surface area contributed by atoms with Crippen LogP contribution in [0.2, 0.25) is 5.02 Å². The van der Waals surface area contributed by atoms with Crippen LogP contribution < -0.4 is 10.9 Å². The molecule has 0 bridgehead atoms. The minimum atomic E-state index is -0.177. The van der Waals surface area contributed by atoms with Crippen molar-refractivity contribution in [1.29, 1.82) is 0 Å². The zero-order valence-electron chi connectivity index (χ0n) is 18.1. The van der Waals surface area contributed by atoms with Crippen LogP contribution in [0.25, 0.3) is 16.7 Å². The SMILES string of the molecule is Cc1ccc2c(c1)c(=O)n(CCC(=O)NC(C)C)c1nnc(SCc3ccccc3Cl)n21. The first-order chi connectivity index (χ1) is 15.3. The first-order valence-corrected chi connectivity index (χ1v) is 11.8. The number of benzene rings is 2. The van der Waals surface area contributed by atoms with E-state index in [9.17, 15) is 9.59 Å². The van der Waals surface area contributed by atoms with Crippen molar-refractivity contribution < 1.29 is 4.79 Å². The van der Waals surface area contributed by atoms with E-state index in [0.29, 0.717) is 27.1 Å². The van der Waals surface area contributed by atoms with Gasteiger partial charge in [0.05, 0.1) is 10.9 Å². The molecule has 0 saturated carbocycles. The highest BCUT2D eigenvalue weighted by Gasteiger charge is 2.18. The van der Waals surface area contributed by atoms with Gasteiger partial charge in [0.1, 0.15) is 0 Å². The summed E-state index contributed by atoms with van der Waals surface area (Å²) in [6, 6.07) is 13.5. The average molecular weight is 470 g/mol. The largest absolute Gasteiger partial charge is 0.354 e. The Kier molecular flexibility index (Phi) is 6.53. The molecule has 4 rings (SSSR count). The Morgan fingerprint density at radius 3 is 2.72 bits per heavy atom. The normalized spacial score (nSPS) is 11.5. The second-order valence-electron chi connectivity index (χ2n) is 7.95. The molecule has 0 atom stereocenters. The maximum atomic E-state index is 13.3. The molecule has 0 fully saturated rings. The van der Waals surface area contributed by atoms with Crippen LogP contribution in [0.4, 0.5) is 0 Å². The van der Waals surface area contributed by atoms with Gasteiger partial charge in [-0.25, -0.2) is 0 Å². The molecule has 1 amide bonds. The van der Waals surface area contributed by atoms with Crippen LogP contribution in [0.1, 0.15) is 31.4 Å². The van der Waals surface area contributed by atoms with Crippen molar-refractivity contribution in [3.8, 4) is 0 Å². The number of carbonyl (C=O) groups is 1. The Balaban J connectivity index is 1.78. The number of nitrogens with zero attached hydrogens (tertiary/aromatic N) is 4. The van der Waals surface area contributed by atoms with Crippen molar-refractivity contribution in [1.82, 2.24) is 24.5 Å². The van der Waals surface area contributed by atoms with E-state index in [1.54, 1.807) is 0 Å². The lowest BCUT2D eigenvalue weighted by Crippen LogP contribution is -2.32. The second kappa shape index (κ2) is 9.34. The number of fused-ring (bicyclic) bond motifs is 3. The molecule has 0 aliphatic heterocycles. The number of amides is 1.